The van der Waals surface area contributed by atoms with E-state index in [4.69, 9.17) is 4.74 Å². The van der Waals surface area contributed by atoms with Crippen LogP contribution in [-0.2, 0) is 0 Å². The molecule has 120 valence electrons. The third kappa shape index (κ3) is 3.46. The van der Waals surface area contributed by atoms with E-state index < -0.39 is 0 Å². The molecule has 0 fully saturated rings. The minimum absolute atomic E-state index is 0.147. The first-order valence-corrected chi connectivity index (χ1v) is 8.13. The molecule has 0 aliphatic heterocycles. The van der Waals surface area contributed by atoms with Gasteiger partial charge in [-0.25, -0.2) is 4.98 Å². The first-order valence-electron chi connectivity index (χ1n) is 7.34. The summed E-state index contributed by atoms with van der Waals surface area (Å²) in [7, 11) is 1.61. The van der Waals surface area contributed by atoms with E-state index in [1.165, 1.54) is 0 Å². The summed E-state index contributed by atoms with van der Waals surface area (Å²) in [6, 6.07) is 20.1. The lowest BCUT2D eigenvalue weighted by atomic mass is 10.1. The van der Waals surface area contributed by atoms with Gasteiger partial charge >= 0.3 is 0 Å². The number of carbonyl (C=O) groups excluding carboxylic acids is 1. The van der Waals surface area contributed by atoms with Gasteiger partial charge in [-0.05, 0) is 60.7 Å². The molecule has 2 aromatic carbocycles. The fraction of sp³-hybridized carbons (Fsp3) is 0.0526. The largest absolute Gasteiger partial charge is 0.497 e. The summed E-state index contributed by atoms with van der Waals surface area (Å²) in [5.74, 6) is 1.15. The summed E-state index contributed by atoms with van der Waals surface area (Å²) < 4.78 is 6.11. The molecule has 5 heteroatoms. The van der Waals surface area contributed by atoms with Crippen LogP contribution < -0.4 is 9.64 Å². The van der Waals surface area contributed by atoms with Crippen molar-refractivity contribution in [1.82, 2.24) is 4.98 Å². The van der Waals surface area contributed by atoms with E-state index in [9.17, 15) is 4.79 Å². The minimum atomic E-state index is -0.147. The Morgan fingerprint density at radius 2 is 1.71 bits per heavy atom. The number of hydrogen-bond donors (Lipinski definition) is 0. The van der Waals surface area contributed by atoms with Crippen molar-refractivity contribution in [2.24, 2.45) is 0 Å². The Balaban J connectivity index is 2.04. The van der Waals surface area contributed by atoms with Gasteiger partial charge in [0, 0.05) is 16.2 Å². The quantitative estimate of drug-likeness (QED) is 0.648. The number of halogens is 1. The number of anilines is 2. The molecule has 3 aromatic rings. The van der Waals surface area contributed by atoms with Gasteiger partial charge in [-0.15, -0.1) is 0 Å². The molecule has 0 aliphatic carbocycles. The highest BCUT2D eigenvalue weighted by molar-refractivity contribution is 9.10. The lowest BCUT2D eigenvalue weighted by Gasteiger charge is -2.22. The van der Waals surface area contributed by atoms with E-state index in [2.05, 4.69) is 20.9 Å². The lowest BCUT2D eigenvalue weighted by Crippen LogP contribution is -2.26. The van der Waals surface area contributed by atoms with Crippen molar-refractivity contribution < 1.29 is 9.53 Å². The van der Waals surface area contributed by atoms with Gasteiger partial charge in [0.1, 0.15) is 11.6 Å². The number of benzene rings is 2. The summed E-state index contributed by atoms with van der Waals surface area (Å²) in [5.41, 5.74) is 1.31. The number of ether oxygens (including phenoxy) is 1. The van der Waals surface area contributed by atoms with Crippen molar-refractivity contribution in [2.45, 2.75) is 0 Å². The summed E-state index contributed by atoms with van der Waals surface area (Å²) >= 11 is 3.39. The number of aromatic nitrogens is 1. The highest BCUT2D eigenvalue weighted by Gasteiger charge is 2.20. The first-order chi connectivity index (χ1) is 11.7. The molecule has 4 nitrogen and oxygen atoms in total. The smallest absolute Gasteiger partial charge is 0.264 e. The summed E-state index contributed by atoms with van der Waals surface area (Å²) in [4.78, 5) is 19.0. The molecule has 24 heavy (non-hydrogen) atoms. The molecule has 0 bridgehead atoms. The van der Waals surface area contributed by atoms with Crippen molar-refractivity contribution in [3.8, 4) is 5.75 Å². The van der Waals surface area contributed by atoms with Gasteiger partial charge in [0.25, 0.3) is 5.91 Å². The zero-order chi connectivity index (χ0) is 16.9. The Kier molecular flexibility index (Phi) is 4.91. The maximum absolute atomic E-state index is 13.1. The molecular weight excluding hydrogens is 368 g/mol. The lowest BCUT2D eigenvalue weighted by molar-refractivity contribution is 0.0998. The predicted octanol–water partition coefficient (Wildman–Crippen LogP) is 4.83. The van der Waals surface area contributed by atoms with Gasteiger partial charge in [0.2, 0.25) is 0 Å². The van der Waals surface area contributed by atoms with Gasteiger partial charge in [0.05, 0.1) is 12.8 Å². The number of methoxy groups -OCH3 is 1. The number of amides is 1. The van der Waals surface area contributed by atoms with Gasteiger partial charge in [0.15, 0.2) is 0 Å². The van der Waals surface area contributed by atoms with Gasteiger partial charge < -0.3 is 4.74 Å². The highest BCUT2D eigenvalue weighted by Crippen LogP contribution is 2.28. The topological polar surface area (TPSA) is 42.4 Å². The van der Waals surface area contributed by atoms with Gasteiger partial charge in [-0.1, -0.05) is 22.0 Å². The van der Waals surface area contributed by atoms with E-state index in [1.807, 2.05) is 48.5 Å². The average Bonchev–Trinajstić information content (AvgIpc) is 2.64. The van der Waals surface area contributed by atoms with Crippen LogP contribution in [-0.4, -0.2) is 18.0 Å². The molecule has 1 heterocycles. The Bertz CT molecular complexity index is 818. The summed E-state index contributed by atoms with van der Waals surface area (Å²) in [5, 5.41) is 0. The van der Waals surface area contributed by atoms with E-state index in [1.54, 1.807) is 36.4 Å². The van der Waals surface area contributed by atoms with Crippen molar-refractivity contribution >= 4 is 33.3 Å². The van der Waals surface area contributed by atoms with Crippen molar-refractivity contribution in [3.63, 3.8) is 0 Å². The predicted molar refractivity (Wildman–Crippen MR) is 97.8 cm³/mol. The third-order valence-corrected chi connectivity index (χ3v) is 4.03. The zero-order valence-corrected chi connectivity index (χ0v) is 14.6. The minimum Gasteiger partial charge on any atom is -0.497 e. The highest BCUT2D eigenvalue weighted by atomic mass is 79.9. The SMILES string of the molecule is COc1ccc(N(C(=O)c2ccc(Br)cc2)c2ccccn2)cc1. The molecule has 0 unspecified atom stereocenters. The fourth-order valence-corrected chi connectivity index (χ4v) is 2.56. The number of nitrogens with zero attached hydrogens (tertiary/aromatic N) is 2. The van der Waals surface area contributed by atoms with Crippen LogP contribution in [0.15, 0.2) is 77.4 Å². The molecule has 0 saturated heterocycles. The molecule has 1 aromatic heterocycles. The second-order valence-electron chi connectivity index (χ2n) is 5.03. The standard InChI is InChI=1S/C19H15BrN2O2/c1-24-17-11-9-16(10-12-17)22(18-4-2-3-13-21-18)19(23)14-5-7-15(20)8-6-14/h2-13H,1H3. The van der Waals surface area contributed by atoms with Crippen LogP contribution in [0.5, 0.6) is 5.75 Å². The molecule has 0 N–H and O–H groups in total. The molecule has 1 amide bonds. The normalized spacial score (nSPS) is 10.2. The second-order valence-corrected chi connectivity index (χ2v) is 5.95. The van der Waals surface area contributed by atoms with Crippen molar-refractivity contribution in [1.29, 1.82) is 0 Å². The molecule has 0 spiro atoms. The molecule has 0 atom stereocenters. The Labute approximate surface area is 148 Å². The van der Waals surface area contributed by atoms with Gasteiger partial charge in [-0.3, -0.25) is 9.69 Å². The molecule has 3 rings (SSSR count). The van der Waals surface area contributed by atoms with Crippen molar-refractivity contribution in [2.75, 3.05) is 12.0 Å². The molecule has 0 radical (unpaired) electrons. The maximum Gasteiger partial charge on any atom is 0.264 e. The van der Waals surface area contributed by atoms with Gasteiger partial charge in [-0.2, -0.15) is 0 Å². The van der Waals surface area contributed by atoms with Crippen molar-refractivity contribution in [3.05, 3.63) is 83.0 Å². The number of carbonyl (C=O) groups is 1. The van der Waals surface area contributed by atoms with Crippen LogP contribution in [0.1, 0.15) is 10.4 Å². The third-order valence-electron chi connectivity index (χ3n) is 3.50. The molecule has 0 saturated carbocycles. The van der Waals surface area contributed by atoms with Crippen LogP contribution >= 0.6 is 15.9 Å². The van der Waals surface area contributed by atoms with Crippen LogP contribution in [0.4, 0.5) is 11.5 Å². The Morgan fingerprint density at radius 1 is 1.00 bits per heavy atom. The maximum atomic E-state index is 13.1. The van der Waals surface area contributed by atoms with E-state index >= 15 is 0 Å². The van der Waals surface area contributed by atoms with Crippen LogP contribution in [0.3, 0.4) is 0 Å². The van der Waals surface area contributed by atoms with Crippen LogP contribution in [0.25, 0.3) is 0 Å². The van der Waals surface area contributed by atoms with E-state index in [0.29, 0.717) is 11.4 Å². The van der Waals surface area contributed by atoms with E-state index in [-0.39, 0.29) is 5.91 Å². The number of pyridine rings is 1. The Morgan fingerprint density at radius 3 is 2.29 bits per heavy atom. The number of hydrogen-bond acceptors (Lipinski definition) is 3. The van der Waals surface area contributed by atoms with E-state index in [0.717, 1.165) is 15.9 Å². The first kappa shape index (κ1) is 16.2. The summed E-state index contributed by atoms with van der Waals surface area (Å²) in [6.07, 6.45) is 1.67. The fourth-order valence-electron chi connectivity index (χ4n) is 2.29. The molecular formula is C19H15BrN2O2. The average molecular weight is 383 g/mol. The number of rotatable bonds is 4. The zero-order valence-electron chi connectivity index (χ0n) is 13.0. The molecule has 0 aliphatic rings. The monoisotopic (exact) mass is 382 g/mol. The second kappa shape index (κ2) is 7.27. The summed E-state index contributed by atoms with van der Waals surface area (Å²) in [6.45, 7) is 0. The van der Waals surface area contributed by atoms with Crippen LogP contribution in [0.2, 0.25) is 0 Å². The Hall–Kier alpha value is -2.66. The van der Waals surface area contributed by atoms with Crippen LogP contribution in [0, 0.1) is 0 Å².